The first kappa shape index (κ1) is 17.1. The van der Waals surface area contributed by atoms with Crippen LogP contribution in [-0.2, 0) is 6.54 Å². The van der Waals surface area contributed by atoms with Crippen molar-refractivity contribution < 1.29 is 4.79 Å². The predicted octanol–water partition coefficient (Wildman–Crippen LogP) is 4.33. The van der Waals surface area contributed by atoms with Crippen LogP contribution in [0.15, 0.2) is 53.4 Å². The first-order valence-corrected chi connectivity index (χ1v) is 8.82. The number of carbonyl (C=O) groups excluding carboxylic acids is 1. The molecule has 0 saturated carbocycles. The molecule has 0 radical (unpaired) electrons. The highest BCUT2D eigenvalue weighted by atomic mass is 32.2. The quantitative estimate of drug-likeness (QED) is 0.743. The molecule has 0 spiro atoms. The lowest BCUT2D eigenvalue weighted by Crippen LogP contribution is -2.31. The Hall–Kier alpha value is -2.25. The van der Waals surface area contributed by atoms with Crippen LogP contribution in [0, 0.1) is 11.3 Å². The Morgan fingerprint density at radius 2 is 1.78 bits per heavy atom. The van der Waals surface area contributed by atoms with Crippen molar-refractivity contribution in [2.45, 2.75) is 24.8 Å². The average Bonchev–Trinajstić information content (AvgIpc) is 2.61. The summed E-state index contributed by atoms with van der Waals surface area (Å²) in [6.07, 6.45) is 2.93. The summed E-state index contributed by atoms with van der Waals surface area (Å²) in [7, 11) is 0. The van der Waals surface area contributed by atoms with Crippen LogP contribution < -0.4 is 0 Å². The maximum Gasteiger partial charge on any atom is 0.254 e. The van der Waals surface area contributed by atoms with E-state index in [9.17, 15) is 4.79 Å². The van der Waals surface area contributed by atoms with Gasteiger partial charge in [0.05, 0.1) is 11.6 Å². The van der Waals surface area contributed by atoms with Crippen LogP contribution in [0.25, 0.3) is 0 Å². The second kappa shape index (κ2) is 8.40. The van der Waals surface area contributed by atoms with Crippen molar-refractivity contribution in [2.24, 2.45) is 0 Å². The molecule has 1 amide bonds. The van der Waals surface area contributed by atoms with Gasteiger partial charge in [0.1, 0.15) is 0 Å². The van der Waals surface area contributed by atoms with Crippen molar-refractivity contribution in [2.75, 3.05) is 12.8 Å². The molecule has 0 atom stereocenters. The van der Waals surface area contributed by atoms with E-state index in [1.54, 1.807) is 23.9 Å². The highest BCUT2D eigenvalue weighted by Crippen LogP contribution is 2.17. The number of nitriles is 1. The second-order valence-electron chi connectivity index (χ2n) is 5.26. The Kier molecular flexibility index (Phi) is 6.25. The van der Waals surface area contributed by atoms with Gasteiger partial charge in [0.25, 0.3) is 5.91 Å². The normalized spacial score (nSPS) is 10.1. The van der Waals surface area contributed by atoms with Gasteiger partial charge in [0, 0.05) is 23.5 Å². The van der Waals surface area contributed by atoms with Crippen molar-refractivity contribution in [1.82, 2.24) is 4.90 Å². The molecule has 0 N–H and O–H groups in total. The van der Waals surface area contributed by atoms with Crippen LogP contribution in [0.1, 0.15) is 34.8 Å². The number of nitrogens with zero attached hydrogens (tertiary/aromatic N) is 2. The Bertz CT molecular complexity index is 687. The molecule has 0 unspecified atom stereocenters. The minimum atomic E-state index is 0.0452. The molecule has 2 aromatic rings. The van der Waals surface area contributed by atoms with Gasteiger partial charge in [-0.15, -0.1) is 11.8 Å². The number of rotatable bonds is 6. The van der Waals surface area contributed by atoms with Crippen LogP contribution in [0.2, 0.25) is 0 Å². The lowest BCUT2D eigenvalue weighted by atomic mass is 10.1. The third kappa shape index (κ3) is 4.61. The smallest absolute Gasteiger partial charge is 0.254 e. The summed E-state index contributed by atoms with van der Waals surface area (Å²) in [6.45, 7) is 3.33. The zero-order chi connectivity index (χ0) is 16.7. The van der Waals surface area contributed by atoms with Crippen molar-refractivity contribution in [3.05, 3.63) is 65.2 Å². The summed E-state index contributed by atoms with van der Waals surface area (Å²) in [4.78, 5) is 15.7. The lowest BCUT2D eigenvalue weighted by molar-refractivity contribution is 0.0743. The third-order valence-corrected chi connectivity index (χ3v) is 4.32. The fraction of sp³-hybridized carbons (Fsp3) is 0.263. The first-order valence-electron chi connectivity index (χ1n) is 7.60. The summed E-state index contributed by atoms with van der Waals surface area (Å²) >= 11 is 1.66. The van der Waals surface area contributed by atoms with Gasteiger partial charge in [-0.05, 0) is 54.6 Å². The summed E-state index contributed by atoms with van der Waals surface area (Å²) in [5.41, 5.74) is 2.38. The highest BCUT2D eigenvalue weighted by molar-refractivity contribution is 7.98. The van der Waals surface area contributed by atoms with E-state index in [0.717, 1.165) is 16.9 Å². The largest absolute Gasteiger partial charge is 0.334 e. The zero-order valence-electron chi connectivity index (χ0n) is 13.5. The average molecular weight is 324 g/mol. The van der Waals surface area contributed by atoms with Crippen molar-refractivity contribution in [3.63, 3.8) is 0 Å². The van der Waals surface area contributed by atoms with Crippen LogP contribution in [-0.4, -0.2) is 23.6 Å². The molecule has 2 rings (SSSR count). The summed E-state index contributed by atoms with van der Waals surface area (Å²) < 4.78 is 0. The minimum Gasteiger partial charge on any atom is -0.334 e. The van der Waals surface area contributed by atoms with Gasteiger partial charge in [-0.25, -0.2) is 0 Å². The topological polar surface area (TPSA) is 44.1 Å². The van der Waals surface area contributed by atoms with Gasteiger partial charge in [0.15, 0.2) is 0 Å². The molecular formula is C19H20N2OS. The Balaban J connectivity index is 2.15. The second-order valence-corrected chi connectivity index (χ2v) is 6.14. The van der Waals surface area contributed by atoms with Gasteiger partial charge in [-0.3, -0.25) is 4.79 Å². The van der Waals surface area contributed by atoms with Gasteiger partial charge in [0.2, 0.25) is 0 Å². The predicted molar refractivity (Wildman–Crippen MR) is 94.4 cm³/mol. The maximum atomic E-state index is 12.7. The van der Waals surface area contributed by atoms with Gasteiger partial charge in [-0.1, -0.05) is 19.1 Å². The van der Waals surface area contributed by atoms with E-state index >= 15 is 0 Å². The molecule has 3 nitrogen and oxygen atoms in total. The molecule has 23 heavy (non-hydrogen) atoms. The van der Waals surface area contributed by atoms with Crippen molar-refractivity contribution >= 4 is 17.7 Å². The summed E-state index contributed by atoms with van der Waals surface area (Å²) in [6, 6.07) is 17.2. The number of hydrogen-bond donors (Lipinski definition) is 0. The molecule has 0 fully saturated rings. The molecule has 0 aromatic heterocycles. The van der Waals surface area contributed by atoms with Gasteiger partial charge < -0.3 is 4.90 Å². The molecule has 0 aliphatic rings. The van der Waals surface area contributed by atoms with Crippen LogP contribution in [0.5, 0.6) is 0 Å². The standard InChI is InChI=1S/C19H20N2OS/c1-3-12-21(14-16-6-4-15(13-20)5-7-16)19(22)17-8-10-18(23-2)11-9-17/h4-11H,3,12,14H2,1-2H3. The SMILES string of the molecule is CCCN(Cc1ccc(C#N)cc1)C(=O)c1ccc(SC)cc1. The molecule has 0 aliphatic heterocycles. The molecular weight excluding hydrogens is 304 g/mol. The lowest BCUT2D eigenvalue weighted by Gasteiger charge is -2.22. The van der Waals surface area contributed by atoms with E-state index in [-0.39, 0.29) is 5.91 Å². The summed E-state index contributed by atoms with van der Waals surface area (Å²) in [5, 5.41) is 8.86. The van der Waals surface area contributed by atoms with Crippen LogP contribution >= 0.6 is 11.8 Å². The third-order valence-electron chi connectivity index (χ3n) is 3.57. The van der Waals surface area contributed by atoms with Gasteiger partial charge >= 0.3 is 0 Å². The van der Waals surface area contributed by atoms with E-state index in [1.165, 1.54) is 0 Å². The first-order chi connectivity index (χ1) is 11.2. The fourth-order valence-electron chi connectivity index (χ4n) is 2.34. The molecule has 4 heteroatoms. The molecule has 2 aromatic carbocycles. The van der Waals surface area contributed by atoms with E-state index < -0.39 is 0 Å². The molecule has 0 bridgehead atoms. The van der Waals surface area contributed by atoms with E-state index in [1.807, 2.05) is 47.6 Å². The maximum absolute atomic E-state index is 12.7. The number of hydrogen-bond acceptors (Lipinski definition) is 3. The number of benzene rings is 2. The van der Waals surface area contributed by atoms with Crippen molar-refractivity contribution in [3.8, 4) is 6.07 Å². The molecule has 0 heterocycles. The minimum absolute atomic E-state index is 0.0452. The fourth-order valence-corrected chi connectivity index (χ4v) is 2.75. The van der Waals surface area contributed by atoms with E-state index in [2.05, 4.69) is 13.0 Å². The number of carbonyl (C=O) groups is 1. The monoisotopic (exact) mass is 324 g/mol. The molecule has 0 aliphatic carbocycles. The van der Waals surface area contributed by atoms with Crippen molar-refractivity contribution in [1.29, 1.82) is 5.26 Å². The molecule has 0 saturated heterocycles. The number of amides is 1. The summed E-state index contributed by atoms with van der Waals surface area (Å²) in [5.74, 6) is 0.0452. The zero-order valence-corrected chi connectivity index (χ0v) is 14.3. The van der Waals surface area contributed by atoms with Crippen LogP contribution in [0.4, 0.5) is 0 Å². The highest BCUT2D eigenvalue weighted by Gasteiger charge is 2.15. The molecule has 118 valence electrons. The Morgan fingerprint density at radius 3 is 2.30 bits per heavy atom. The van der Waals surface area contributed by atoms with Gasteiger partial charge in [-0.2, -0.15) is 5.26 Å². The van der Waals surface area contributed by atoms with Crippen LogP contribution in [0.3, 0.4) is 0 Å². The Labute approximate surface area is 141 Å². The Morgan fingerprint density at radius 1 is 1.13 bits per heavy atom. The number of thioether (sulfide) groups is 1. The van der Waals surface area contributed by atoms with E-state index in [0.29, 0.717) is 24.2 Å². The van der Waals surface area contributed by atoms with E-state index in [4.69, 9.17) is 5.26 Å².